The van der Waals surface area contributed by atoms with Crippen molar-refractivity contribution < 1.29 is 14.7 Å². The minimum atomic E-state index is -1.06. The summed E-state index contributed by atoms with van der Waals surface area (Å²) >= 11 is 3.22. The molecule has 1 aromatic heterocycles. The standard InChI is InChI=1S/C13H15BrN2O3/c1-2-13(12(18)19)5-3-7-16(13)11(17)9-4-6-15-10(14)8-9/h4,6,8H,2-3,5,7H2,1H3,(H,18,19). The third-order valence-corrected chi connectivity index (χ3v) is 4.12. The molecule has 1 amide bonds. The lowest BCUT2D eigenvalue weighted by Crippen LogP contribution is -2.52. The summed E-state index contributed by atoms with van der Waals surface area (Å²) in [4.78, 5) is 29.5. The highest BCUT2D eigenvalue weighted by Crippen LogP contribution is 2.34. The summed E-state index contributed by atoms with van der Waals surface area (Å²) in [6, 6.07) is 3.22. The highest BCUT2D eigenvalue weighted by molar-refractivity contribution is 9.10. The first-order chi connectivity index (χ1) is 9.01. The van der Waals surface area contributed by atoms with E-state index in [4.69, 9.17) is 0 Å². The van der Waals surface area contributed by atoms with Gasteiger partial charge >= 0.3 is 5.97 Å². The van der Waals surface area contributed by atoms with Crippen molar-refractivity contribution in [1.29, 1.82) is 0 Å². The summed E-state index contributed by atoms with van der Waals surface area (Å²) in [5.74, 6) is -1.17. The van der Waals surface area contributed by atoms with Gasteiger partial charge in [0.05, 0.1) is 0 Å². The molecule has 1 aliphatic rings. The average Bonchev–Trinajstić information content (AvgIpc) is 2.82. The molecule has 2 rings (SSSR count). The normalized spacial score (nSPS) is 22.5. The minimum Gasteiger partial charge on any atom is -0.479 e. The molecule has 0 saturated carbocycles. The Kier molecular flexibility index (Phi) is 3.89. The quantitative estimate of drug-likeness (QED) is 0.865. The number of pyridine rings is 1. The summed E-state index contributed by atoms with van der Waals surface area (Å²) in [6.07, 6.45) is 3.18. The number of nitrogens with zero attached hydrogens (tertiary/aromatic N) is 2. The number of carbonyl (C=O) groups is 2. The second kappa shape index (κ2) is 5.28. The van der Waals surface area contributed by atoms with Crippen LogP contribution in [0.2, 0.25) is 0 Å². The van der Waals surface area contributed by atoms with E-state index < -0.39 is 11.5 Å². The van der Waals surface area contributed by atoms with Gasteiger partial charge in [0.1, 0.15) is 10.1 Å². The lowest BCUT2D eigenvalue weighted by Gasteiger charge is -2.33. The van der Waals surface area contributed by atoms with E-state index in [2.05, 4.69) is 20.9 Å². The largest absolute Gasteiger partial charge is 0.479 e. The third kappa shape index (κ3) is 2.36. The maximum absolute atomic E-state index is 12.5. The van der Waals surface area contributed by atoms with Crippen molar-refractivity contribution in [2.45, 2.75) is 31.7 Å². The number of likely N-dealkylation sites (tertiary alicyclic amines) is 1. The van der Waals surface area contributed by atoms with E-state index in [1.54, 1.807) is 12.1 Å². The fourth-order valence-electron chi connectivity index (χ4n) is 2.61. The van der Waals surface area contributed by atoms with Gasteiger partial charge in [0.15, 0.2) is 0 Å². The Bertz CT molecular complexity index is 520. The number of hydrogen-bond donors (Lipinski definition) is 1. The van der Waals surface area contributed by atoms with Gasteiger partial charge in [0, 0.05) is 18.3 Å². The van der Waals surface area contributed by atoms with Crippen LogP contribution in [0.4, 0.5) is 0 Å². The SMILES string of the molecule is CCC1(C(=O)O)CCCN1C(=O)c1ccnc(Br)c1. The zero-order valence-corrected chi connectivity index (χ0v) is 12.2. The maximum Gasteiger partial charge on any atom is 0.329 e. The van der Waals surface area contributed by atoms with Crippen LogP contribution in [0.25, 0.3) is 0 Å². The monoisotopic (exact) mass is 326 g/mol. The van der Waals surface area contributed by atoms with E-state index in [1.807, 2.05) is 6.92 Å². The number of carbonyl (C=O) groups excluding carboxylic acids is 1. The molecule has 19 heavy (non-hydrogen) atoms. The smallest absolute Gasteiger partial charge is 0.329 e. The van der Waals surface area contributed by atoms with Gasteiger partial charge in [-0.2, -0.15) is 0 Å². The van der Waals surface area contributed by atoms with Crippen LogP contribution in [-0.4, -0.2) is 39.0 Å². The lowest BCUT2D eigenvalue weighted by atomic mass is 9.92. The lowest BCUT2D eigenvalue weighted by molar-refractivity contribution is -0.148. The molecule has 1 fully saturated rings. The fourth-order valence-corrected chi connectivity index (χ4v) is 2.97. The van der Waals surface area contributed by atoms with Crippen LogP contribution in [0.1, 0.15) is 36.5 Å². The van der Waals surface area contributed by atoms with Crippen molar-refractivity contribution >= 4 is 27.8 Å². The molecule has 1 saturated heterocycles. The Hall–Kier alpha value is -1.43. The summed E-state index contributed by atoms with van der Waals surface area (Å²) in [6.45, 7) is 2.29. The Morgan fingerprint density at radius 1 is 1.58 bits per heavy atom. The van der Waals surface area contributed by atoms with Crippen LogP contribution in [0, 0.1) is 0 Å². The van der Waals surface area contributed by atoms with E-state index in [-0.39, 0.29) is 5.91 Å². The molecule has 0 spiro atoms. The molecular weight excluding hydrogens is 312 g/mol. The molecule has 6 heteroatoms. The summed E-state index contributed by atoms with van der Waals surface area (Å²) < 4.78 is 0.565. The zero-order chi connectivity index (χ0) is 14.0. The van der Waals surface area contributed by atoms with Crippen LogP contribution in [-0.2, 0) is 4.79 Å². The van der Waals surface area contributed by atoms with Crippen molar-refractivity contribution in [1.82, 2.24) is 9.88 Å². The summed E-state index contributed by atoms with van der Waals surface area (Å²) in [5, 5.41) is 9.47. The van der Waals surface area contributed by atoms with Crippen LogP contribution >= 0.6 is 15.9 Å². The predicted molar refractivity (Wildman–Crippen MR) is 72.9 cm³/mol. The van der Waals surface area contributed by atoms with Gasteiger partial charge in [-0.1, -0.05) is 6.92 Å². The second-order valence-electron chi connectivity index (χ2n) is 4.62. The van der Waals surface area contributed by atoms with Crippen LogP contribution < -0.4 is 0 Å². The van der Waals surface area contributed by atoms with Crippen molar-refractivity contribution in [3.8, 4) is 0 Å². The molecule has 1 N–H and O–H groups in total. The zero-order valence-electron chi connectivity index (χ0n) is 10.6. The number of halogens is 1. The van der Waals surface area contributed by atoms with Gasteiger partial charge < -0.3 is 10.0 Å². The molecule has 2 heterocycles. The number of aliphatic carboxylic acids is 1. The summed E-state index contributed by atoms with van der Waals surface area (Å²) in [5.41, 5.74) is -0.602. The molecule has 0 radical (unpaired) electrons. The van der Waals surface area contributed by atoms with Gasteiger partial charge in [0.2, 0.25) is 0 Å². The van der Waals surface area contributed by atoms with E-state index in [0.717, 1.165) is 6.42 Å². The molecule has 1 aliphatic heterocycles. The number of rotatable bonds is 3. The highest BCUT2D eigenvalue weighted by atomic mass is 79.9. The average molecular weight is 327 g/mol. The number of amides is 1. The van der Waals surface area contributed by atoms with Crippen LogP contribution in [0.3, 0.4) is 0 Å². The van der Waals surface area contributed by atoms with Gasteiger partial charge in [-0.3, -0.25) is 4.79 Å². The van der Waals surface area contributed by atoms with Gasteiger partial charge in [-0.25, -0.2) is 9.78 Å². The minimum absolute atomic E-state index is 0.246. The van der Waals surface area contributed by atoms with E-state index in [9.17, 15) is 14.7 Å². The van der Waals surface area contributed by atoms with Gasteiger partial charge in [0.25, 0.3) is 5.91 Å². The Balaban J connectivity index is 2.35. The number of aromatic nitrogens is 1. The molecule has 0 aromatic carbocycles. The fraction of sp³-hybridized carbons (Fsp3) is 0.462. The third-order valence-electron chi connectivity index (χ3n) is 3.69. The van der Waals surface area contributed by atoms with Crippen molar-refractivity contribution in [2.75, 3.05) is 6.54 Å². The summed E-state index contributed by atoms with van der Waals surface area (Å²) in [7, 11) is 0. The van der Waals surface area contributed by atoms with Crippen LogP contribution in [0.5, 0.6) is 0 Å². The molecule has 1 atom stereocenters. The van der Waals surface area contributed by atoms with Crippen LogP contribution in [0.15, 0.2) is 22.9 Å². The molecule has 102 valence electrons. The van der Waals surface area contributed by atoms with E-state index >= 15 is 0 Å². The predicted octanol–water partition coefficient (Wildman–Crippen LogP) is 2.31. The second-order valence-corrected chi connectivity index (χ2v) is 5.43. The number of carboxylic acid groups (broad SMARTS) is 1. The Morgan fingerprint density at radius 3 is 2.89 bits per heavy atom. The first-order valence-corrected chi connectivity index (χ1v) is 6.97. The first kappa shape index (κ1) is 14.0. The molecular formula is C13H15BrN2O3. The maximum atomic E-state index is 12.5. The van der Waals surface area contributed by atoms with Crippen molar-refractivity contribution in [3.63, 3.8) is 0 Å². The van der Waals surface area contributed by atoms with Gasteiger partial charge in [-0.15, -0.1) is 0 Å². The number of carboxylic acids is 1. The molecule has 1 aromatic rings. The molecule has 0 bridgehead atoms. The topological polar surface area (TPSA) is 70.5 Å². The Labute approximate surface area is 119 Å². The molecule has 1 unspecified atom stereocenters. The van der Waals surface area contributed by atoms with E-state index in [1.165, 1.54) is 11.1 Å². The highest BCUT2D eigenvalue weighted by Gasteiger charge is 2.48. The number of hydrogen-bond acceptors (Lipinski definition) is 3. The van der Waals surface area contributed by atoms with Crippen molar-refractivity contribution in [3.05, 3.63) is 28.5 Å². The van der Waals surface area contributed by atoms with Gasteiger partial charge in [-0.05, 0) is 47.3 Å². The molecule has 5 nitrogen and oxygen atoms in total. The Morgan fingerprint density at radius 2 is 2.32 bits per heavy atom. The van der Waals surface area contributed by atoms with Crippen molar-refractivity contribution in [2.24, 2.45) is 0 Å². The first-order valence-electron chi connectivity index (χ1n) is 6.18. The van der Waals surface area contributed by atoms with E-state index in [0.29, 0.717) is 29.6 Å². The molecule has 0 aliphatic carbocycles.